The van der Waals surface area contributed by atoms with Gasteiger partial charge < -0.3 is 20.8 Å². The third-order valence-corrected chi connectivity index (χ3v) is 4.79. The van der Waals surface area contributed by atoms with E-state index < -0.39 is 12.0 Å². The zero-order valence-corrected chi connectivity index (χ0v) is 15.6. The third-order valence-electron chi connectivity index (χ3n) is 4.79. The maximum atomic E-state index is 12.7. The van der Waals surface area contributed by atoms with Crippen molar-refractivity contribution in [3.63, 3.8) is 0 Å². The Bertz CT molecular complexity index is 770. The molecule has 0 radical (unpaired) electrons. The number of benzene rings is 2. The Morgan fingerprint density at radius 3 is 2.11 bits per heavy atom. The molecule has 150 valence electrons. The van der Waals surface area contributed by atoms with Crippen LogP contribution in [0.4, 0.5) is 9.18 Å². The predicted molar refractivity (Wildman–Crippen MR) is 104 cm³/mol. The molecule has 4 N–H and O–H groups in total. The molecule has 6 nitrogen and oxygen atoms in total. The van der Waals surface area contributed by atoms with Crippen LogP contribution >= 0.6 is 0 Å². The first-order chi connectivity index (χ1) is 13.3. The Hall–Kier alpha value is -3.09. The first-order valence-electron chi connectivity index (χ1n) is 9.16. The molecule has 28 heavy (non-hydrogen) atoms. The summed E-state index contributed by atoms with van der Waals surface area (Å²) in [6, 6.07) is 12.4. The first kappa shape index (κ1) is 21.2. The van der Waals surface area contributed by atoms with Gasteiger partial charge in [0.1, 0.15) is 11.6 Å². The SMILES string of the molecule is NC(=O)c1ccc(O)cc1.O=C(O)N1CCC(CCc2ccc(F)cc2)CC1. The number of amides is 2. The number of aryl methyl sites for hydroxylation is 1. The smallest absolute Gasteiger partial charge is 0.407 e. The van der Waals surface area contributed by atoms with Gasteiger partial charge in [0.05, 0.1) is 0 Å². The number of halogens is 1. The molecule has 0 spiro atoms. The minimum absolute atomic E-state index is 0.130. The standard InChI is InChI=1S/C14H18FNO2.C7H7NO2/c15-13-5-3-11(4-6-13)1-2-12-7-9-16(10-8-12)14(17)18;8-7(10)5-1-3-6(9)4-2-5/h3-6,12H,1-2,7-10H2,(H,17,18);1-4,9H,(H2,8,10). The number of nitrogens with zero attached hydrogens (tertiary/aromatic N) is 1. The summed E-state index contributed by atoms with van der Waals surface area (Å²) >= 11 is 0. The number of carbonyl (C=O) groups excluding carboxylic acids is 1. The van der Waals surface area contributed by atoms with Crippen molar-refractivity contribution in [2.75, 3.05) is 13.1 Å². The van der Waals surface area contributed by atoms with Gasteiger partial charge in [-0.05, 0) is 73.6 Å². The highest BCUT2D eigenvalue weighted by molar-refractivity contribution is 5.92. The number of piperidine rings is 1. The maximum Gasteiger partial charge on any atom is 0.407 e. The third kappa shape index (κ3) is 6.90. The molecule has 0 aromatic heterocycles. The van der Waals surface area contributed by atoms with Gasteiger partial charge in [-0.1, -0.05) is 12.1 Å². The largest absolute Gasteiger partial charge is 0.508 e. The summed E-state index contributed by atoms with van der Waals surface area (Å²) in [6.07, 6.45) is 3.06. The maximum absolute atomic E-state index is 12.7. The minimum atomic E-state index is -0.813. The lowest BCUT2D eigenvalue weighted by Crippen LogP contribution is -2.37. The number of phenols is 1. The molecule has 2 aromatic rings. The fourth-order valence-electron chi connectivity index (χ4n) is 3.06. The van der Waals surface area contributed by atoms with E-state index in [1.165, 1.54) is 41.3 Å². The zero-order valence-electron chi connectivity index (χ0n) is 15.6. The summed E-state index contributed by atoms with van der Waals surface area (Å²) in [5.74, 6) is 0.0316. The number of phenolic OH excluding ortho intramolecular Hbond substituents is 1. The molecule has 0 saturated carbocycles. The number of aromatic hydroxyl groups is 1. The molecule has 1 heterocycles. The molecule has 2 aromatic carbocycles. The quantitative estimate of drug-likeness (QED) is 0.744. The second kappa shape index (κ2) is 10.3. The molecule has 7 heteroatoms. The number of rotatable bonds is 4. The molecule has 2 amide bonds. The summed E-state index contributed by atoms with van der Waals surface area (Å²) in [6.45, 7) is 1.28. The van der Waals surface area contributed by atoms with E-state index in [0.717, 1.165) is 31.2 Å². The van der Waals surface area contributed by atoms with Crippen LogP contribution in [-0.2, 0) is 6.42 Å². The van der Waals surface area contributed by atoms with Crippen molar-refractivity contribution in [2.24, 2.45) is 11.7 Å². The van der Waals surface area contributed by atoms with E-state index in [1.807, 2.05) is 12.1 Å². The number of nitrogens with two attached hydrogens (primary N) is 1. The van der Waals surface area contributed by atoms with Crippen molar-refractivity contribution in [3.05, 3.63) is 65.5 Å². The van der Waals surface area contributed by atoms with Gasteiger partial charge in [0, 0.05) is 18.7 Å². The molecule has 1 aliphatic heterocycles. The number of primary amides is 1. The van der Waals surface area contributed by atoms with Crippen LogP contribution in [0.1, 0.15) is 35.2 Å². The lowest BCUT2D eigenvalue weighted by atomic mass is 9.91. The van der Waals surface area contributed by atoms with E-state index in [9.17, 15) is 14.0 Å². The van der Waals surface area contributed by atoms with E-state index in [0.29, 0.717) is 24.6 Å². The number of carboxylic acid groups (broad SMARTS) is 1. The van der Waals surface area contributed by atoms with E-state index in [2.05, 4.69) is 0 Å². The van der Waals surface area contributed by atoms with Crippen LogP contribution < -0.4 is 5.73 Å². The molecule has 1 aliphatic rings. The van der Waals surface area contributed by atoms with Gasteiger partial charge in [0.25, 0.3) is 0 Å². The molecular formula is C21H25FN2O4. The molecule has 1 saturated heterocycles. The van der Waals surface area contributed by atoms with Gasteiger partial charge in [-0.25, -0.2) is 9.18 Å². The normalized spacial score (nSPS) is 14.1. The Morgan fingerprint density at radius 2 is 1.61 bits per heavy atom. The Labute approximate surface area is 163 Å². The van der Waals surface area contributed by atoms with Gasteiger partial charge in [-0.2, -0.15) is 0 Å². The van der Waals surface area contributed by atoms with E-state index in [4.69, 9.17) is 15.9 Å². The lowest BCUT2D eigenvalue weighted by molar-refractivity contribution is 0.1000. The molecule has 3 rings (SSSR count). The second-order valence-corrected chi connectivity index (χ2v) is 6.79. The van der Waals surface area contributed by atoms with Gasteiger partial charge in [0.2, 0.25) is 5.91 Å². The van der Waals surface area contributed by atoms with Crippen molar-refractivity contribution in [1.82, 2.24) is 4.90 Å². The minimum Gasteiger partial charge on any atom is -0.508 e. The van der Waals surface area contributed by atoms with Crippen LogP contribution in [0, 0.1) is 11.7 Å². The fraction of sp³-hybridized carbons (Fsp3) is 0.333. The number of hydrogen-bond acceptors (Lipinski definition) is 3. The number of hydrogen-bond donors (Lipinski definition) is 3. The van der Waals surface area contributed by atoms with Crippen molar-refractivity contribution in [1.29, 1.82) is 0 Å². The lowest BCUT2D eigenvalue weighted by Gasteiger charge is -2.29. The Balaban J connectivity index is 0.000000237. The van der Waals surface area contributed by atoms with Gasteiger partial charge in [-0.15, -0.1) is 0 Å². The van der Waals surface area contributed by atoms with Crippen molar-refractivity contribution in [2.45, 2.75) is 25.7 Å². The highest BCUT2D eigenvalue weighted by atomic mass is 19.1. The fourth-order valence-corrected chi connectivity index (χ4v) is 3.06. The van der Waals surface area contributed by atoms with Gasteiger partial charge in [-0.3, -0.25) is 4.79 Å². The molecule has 1 fully saturated rings. The predicted octanol–water partition coefficient (Wildman–Crippen LogP) is 3.64. The molecule has 0 atom stereocenters. The summed E-state index contributed by atoms with van der Waals surface area (Å²) in [7, 11) is 0. The second-order valence-electron chi connectivity index (χ2n) is 6.79. The van der Waals surface area contributed by atoms with Crippen LogP contribution in [0.3, 0.4) is 0 Å². The van der Waals surface area contributed by atoms with Gasteiger partial charge in [0.15, 0.2) is 0 Å². The Kier molecular flexibility index (Phi) is 7.80. The first-order valence-corrected chi connectivity index (χ1v) is 9.16. The summed E-state index contributed by atoms with van der Waals surface area (Å²) in [5, 5.41) is 17.6. The average Bonchev–Trinajstić information content (AvgIpc) is 2.69. The zero-order chi connectivity index (χ0) is 20.5. The summed E-state index contributed by atoms with van der Waals surface area (Å²) < 4.78 is 12.7. The number of likely N-dealkylation sites (tertiary alicyclic amines) is 1. The van der Waals surface area contributed by atoms with Crippen LogP contribution in [0.2, 0.25) is 0 Å². The monoisotopic (exact) mass is 388 g/mol. The molecule has 0 bridgehead atoms. The van der Waals surface area contributed by atoms with E-state index in [-0.39, 0.29) is 11.6 Å². The topological polar surface area (TPSA) is 104 Å². The van der Waals surface area contributed by atoms with E-state index in [1.54, 1.807) is 0 Å². The van der Waals surface area contributed by atoms with Crippen LogP contribution in [0.15, 0.2) is 48.5 Å². The van der Waals surface area contributed by atoms with Crippen LogP contribution in [0.5, 0.6) is 5.75 Å². The van der Waals surface area contributed by atoms with Crippen molar-refractivity contribution in [3.8, 4) is 5.75 Å². The van der Waals surface area contributed by atoms with Crippen molar-refractivity contribution < 1.29 is 24.2 Å². The van der Waals surface area contributed by atoms with Crippen LogP contribution in [0.25, 0.3) is 0 Å². The summed E-state index contributed by atoms with van der Waals surface area (Å²) in [4.78, 5) is 22.7. The van der Waals surface area contributed by atoms with Gasteiger partial charge >= 0.3 is 6.09 Å². The van der Waals surface area contributed by atoms with E-state index >= 15 is 0 Å². The highest BCUT2D eigenvalue weighted by Crippen LogP contribution is 2.22. The van der Waals surface area contributed by atoms with Crippen molar-refractivity contribution >= 4 is 12.0 Å². The molecule has 0 unspecified atom stereocenters. The van der Waals surface area contributed by atoms with Crippen LogP contribution in [-0.4, -0.2) is 40.2 Å². The average molecular weight is 388 g/mol. The Morgan fingerprint density at radius 1 is 1.04 bits per heavy atom. The summed E-state index contributed by atoms with van der Waals surface area (Å²) in [5.41, 5.74) is 6.49. The molecule has 0 aliphatic carbocycles. The number of carbonyl (C=O) groups is 2. The highest BCUT2D eigenvalue weighted by Gasteiger charge is 2.21. The molecular weight excluding hydrogens is 363 g/mol.